The van der Waals surface area contributed by atoms with Crippen LogP contribution in [-0.4, -0.2) is 76.4 Å². The summed E-state index contributed by atoms with van der Waals surface area (Å²) in [6, 6.07) is 0. The van der Waals surface area contributed by atoms with Crippen LogP contribution in [0.15, 0.2) is 47.1 Å². The SMILES string of the molecule is CC1=CCC2CC(CC3(CCC(CO)C(C)O3)O2)OC(=O)C2C=C(C)C(O)C3OCC(=CC=CC(C)C1)C23O. The van der Waals surface area contributed by atoms with E-state index in [2.05, 4.69) is 26.0 Å². The number of hydrogen-bond donors (Lipinski definition) is 3. The number of rotatable bonds is 1. The van der Waals surface area contributed by atoms with E-state index < -0.39 is 41.6 Å². The topological polar surface area (TPSA) is 115 Å². The summed E-state index contributed by atoms with van der Waals surface area (Å²) in [7, 11) is 0. The Balaban J connectivity index is 1.50. The number of fused-ring (bicyclic) bond motifs is 2. The van der Waals surface area contributed by atoms with Crippen LogP contribution in [0.5, 0.6) is 0 Å². The lowest BCUT2D eigenvalue weighted by atomic mass is 9.71. The molecule has 216 valence electrons. The van der Waals surface area contributed by atoms with E-state index in [0.29, 0.717) is 36.8 Å². The van der Waals surface area contributed by atoms with Crippen molar-refractivity contribution in [3.05, 3.63) is 47.1 Å². The van der Waals surface area contributed by atoms with E-state index in [-0.39, 0.29) is 37.3 Å². The van der Waals surface area contributed by atoms with Crippen molar-refractivity contribution in [3.8, 4) is 0 Å². The number of allylic oxidation sites excluding steroid dienone is 4. The van der Waals surface area contributed by atoms with E-state index in [0.717, 1.165) is 12.8 Å². The second kappa shape index (κ2) is 11.2. The highest BCUT2D eigenvalue weighted by Crippen LogP contribution is 2.47. The lowest BCUT2D eigenvalue weighted by Crippen LogP contribution is -2.58. The molecule has 39 heavy (non-hydrogen) atoms. The largest absolute Gasteiger partial charge is 0.462 e. The van der Waals surface area contributed by atoms with E-state index in [4.69, 9.17) is 18.9 Å². The van der Waals surface area contributed by atoms with Crippen molar-refractivity contribution >= 4 is 5.97 Å². The van der Waals surface area contributed by atoms with Crippen LogP contribution in [0.2, 0.25) is 0 Å². The first kappa shape index (κ1) is 28.7. The summed E-state index contributed by atoms with van der Waals surface area (Å²) in [5, 5.41) is 32.6. The molecule has 4 heterocycles. The Kier molecular flexibility index (Phi) is 8.26. The minimum Gasteiger partial charge on any atom is -0.462 e. The molecule has 8 heteroatoms. The average molecular weight is 545 g/mol. The quantitative estimate of drug-likeness (QED) is 0.340. The fraction of sp³-hybridized carbons (Fsp3) is 0.710. The van der Waals surface area contributed by atoms with Crippen LogP contribution in [0.3, 0.4) is 0 Å². The third kappa shape index (κ3) is 5.56. The predicted octanol–water partition coefficient (Wildman–Crippen LogP) is 3.51. The molecule has 3 fully saturated rings. The van der Waals surface area contributed by atoms with Crippen LogP contribution in [0.1, 0.15) is 66.2 Å². The van der Waals surface area contributed by atoms with Crippen LogP contribution in [0.4, 0.5) is 0 Å². The number of aliphatic hydroxyl groups excluding tert-OH is 2. The molecule has 2 bridgehead atoms. The summed E-state index contributed by atoms with van der Waals surface area (Å²) in [6.07, 6.45) is 10.7. The summed E-state index contributed by atoms with van der Waals surface area (Å²) in [5.74, 6) is -2.13. The maximum absolute atomic E-state index is 13.8. The Morgan fingerprint density at radius 1 is 1.15 bits per heavy atom. The zero-order chi connectivity index (χ0) is 27.9. The van der Waals surface area contributed by atoms with Crippen LogP contribution in [0, 0.1) is 17.8 Å². The number of carbonyl (C=O) groups excluding carboxylic acids is 1. The smallest absolute Gasteiger partial charge is 0.316 e. The van der Waals surface area contributed by atoms with Crippen molar-refractivity contribution < 1.29 is 39.1 Å². The normalized spacial score (nSPS) is 45.2. The Hall–Kier alpha value is -1.81. The second-order valence-corrected chi connectivity index (χ2v) is 12.4. The molecule has 5 rings (SSSR count). The summed E-state index contributed by atoms with van der Waals surface area (Å²) >= 11 is 0. The Morgan fingerprint density at radius 3 is 2.69 bits per heavy atom. The van der Waals surface area contributed by atoms with E-state index in [9.17, 15) is 20.1 Å². The molecule has 1 aliphatic carbocycles. The summed E-state index contributed by atoms with van der Waals surface area (Å²) in [4.78, 5) is 13.8. The first-order valence-corrected chi connectivity index (χ1v) is 14.5. The van der Waals surface area contributed by atoms with E-state index in [1.165, 1.54) is 5.57 Å². The first-order chi connectivity index (χ1) is 18.5. The highest BCUT2D eigenvalue weighted by Gasteiger charge is 2.60. The standard InChI is InChI=1S/C31H44O8/c1-18-6-5-7-23-17-36-28-27(33)20(3)13-26(31(23,28)35)29(34)37-25-14-24(9-8-19(2)12-18)39-30(15-25)11-10-22(16-32)21(4)38-30/h5-8,13,18,21-22,24-28,32-33,35H,9-12,14-17H2,1-4H3. The lowest BCUT2D eigenvalue weighted by molar-refractivity contribution is -0.334. The fourth-order valence-electron chi connectivity index (χ4n) is 7.03. The molecule has 0 amide bonds. The summed E-state index contributed by atoms with van der Waals surface area (Å²) < 4.78 is 25.0. The fourth-order valence-corrected chi connectivity index (χ4v) is 7.03. The molecule has 8 nitrogen and oxygen atoms in total. The summed E-state index contributed by atoms with van der Waals surface area (Å²) in [5.41, 5.74) is 0.679. The van der Waals surface area contributed by atoms with Gasteiger partial charge in [-0.05, 0) is 57.1 Å². The molecular weight excluding hydrogens is 500 g/mol. The highest BCUT2D eigenvalue weighted by molar-refractivity contribution is 5.78. The zero-order valence-corrected chi connectivity index (χ0v) is 23.5. The van der Waals surface area contributed by atoms with Gasteiger partial charge in [0.2, 0.25) is 0 Å². The van der Waals surface area contributed by atoms with Gasteiger partial charge in [0.25, 0.3) is 0 Å². The molecule has 0 aromatic rings. The monoisotopic (exact) mass is 544 g/mol. The van der Waals surface area contributed by atoms with Crippen molar-refractivity contribution in [3.63, 3.8) is 0 Å². The van der Waals surface area contributed by atoms with Gasteiger partial charge in [0, 0.05) is 31.8 Å². The third-order valence-electron chi connectivity index (χ3n) is 9.31. The van der Waals surface area contributed by atoms with Gasteiger partial charge in [-0.25, -0.2) is 0 Å². The van der Waals surface area contributed by atoms with Crippen molar-refractivity contribution in [2.24, 2.45) is 17.8 Å². The number of hydrogen-bond acceptors (Lipinski definition) is 8. The molecule has 4 aliphatic heterocycles. The van der Waals surface area contributed by atoms with Crippen molar-refractivity contribution in [1.82, 2.24) is 0 Å². The summed E-state index contributed by atoms with van der Waals surface area (Å²) in [6.45, 7) is 8.15. The van der Waals surface area contributed by atoms with Crippen LogP contribution < -0.4 is 0 Å². The van der Waals surface area contributed by atoms with Crippen molar-refractivity contribution in [1.29, 1.82) is 0 Å². The molecule has 0 aromatic heterocycles. The maximum atomic E-state index is 13.8. The number of aliphatic hydroxyl groups is 3. The average Bonchev–Trinajstić information content (AvgIpc) is 3.21. The third-order valence-corrected chi connectivity index (χ3v) is 9.31. The van der Waals surface area contributed by atoms with Crippen LogP contribution in [0.25, 0.3) is 0 Å². The van der Waals surface area contributed by atoms with Gasteiger partial charge in [-0.1, -0.05) is 42.9 Å². The number of ether oxygens (including phenoxy) is 4. The van der Waals surface area contributed by atoms with Gasteiger partial charge in [-0.3, -0.25) is 4.79 Å². The van der Waals surface area contributed by atoms with Gasteiger partial charge in [-0.15, -0.1) is 0 Å². The van der Waals surface area contributed by atoms with Gasteiger partial charge in [-0.2, -0.15) is 0 Å². The molecule has 1 spiro atoms. The van der Waals surface area contributed by atoms with Gasteiger partial charge < -0.3 is 34.3 Å². The molecular formula is C31H44O8. The van der Waals surface area contributed by atoms with Gasteiger partial charge in [0.05, 0.1) is 18.8 Å². The molecule has 10 unspecified atom stereocenters. The van der Waals surface area contributed by atoms with E-state index in [1.807, 2.05) is 19.1 Å². The Bertz CT molecular complexity index is 1060. The van der Waals surface area contributed by atoms with Crippen LogP contribution in [-0.2, 0) is 23.7 Å². The van der Waals surface area contributed by atoms with Crippen molar-refractivity contribution in [2.75, 3.05) is 13.2 Å². The zero-order valence-electron chi connectivity index (χ0n) is 23.5. The van der Waals surface area contributed by atoms with Crippen LogP contribution >= 0.6 is 0 Å². The molecule has 0 aromatic carbocycles. The van der Waals surface area contributed by atoms with Gasteiger partial charge in [0.1, 0.15) is 29.8 Å². The van der Waals surface area contributed by atoms with Gasteiger partial charge >= 0.3 is 5.97 Å². The molecule has 0 radical (unpaired) electrons. The minimum absolute atomic E-state index is 0.0448. The van der Waals surface area contributed by atoms with Crippen molar-refractivity contribution in [2.45, 2.75) is 108 Å². The number of carbonyl (C=O) groups is 1. The van der Waals surface area contributed by atoms with Gasteiger partial charge in [0.15, 0.2) is 5.79 Å². The predicted molar refractivity (Wildman–Crippen MR) is 144 cm³/mol. The maximum Gasteiger partial charge on any atom is 0.316 e. The molecule has 3 saturated heterocycles. The second-order valence-electron chi connectivity index (χ2n) is 12.4. The van der Waals surface area contributed by atoms with E-state index in [1.54, 1.807) is 13.0 Å². The molecule has 10 atom stereocenters. The van der Waals surface area contributed by atoms with E-state index >= 15 is 0 Å². The molecule has 0 saturated carbocycles. The Labute approximate surface area is 231 Å². The first-order valence-electron chi connectivity index (χ1n) is 14.5. The Morgan fingerprint density at radius 2 is 1.95 bits per heavy atom. The number of esters is 1. The molecule has 3 N–H and O–H groups in total. The highest BCUT2D eigenvalue weighted by atomic mass is 16.7. The lowest BCUT2D eigenvalue weighted by Gasteiger charge is -2.49. The minimum atomic E-state index is -1.71. The molecule has 5 aliphatic rings.